The van der Waals surface area contributed by atoms with Crippen LogP contribution in [0.2, 0.25) is 0 Å². The molecule has 4 aromatic rings. The van der Waals surface area contributed by atoms with Crippen LogP contribution in [0.5, 0.6) is 5.75 Å². The van der Waals surface area contributed by atoms with Gasteiger partial charge in [0, 0.05) is 12.1 Å². The second-order valence-corrected chi connectivity index (χ2v) is 8.49. The van der Waals surface area contributed by atoms with Gasteiger partial charge in [-0.1, -0.05) is 17.3 Å². The molecule has 1 unspecified atom stereocenters. The lowest BCUT2D eigenvalue weighted by molar-refractivity contribution is 0.0737. The van der Waals surface area contributed by atoms with Gasteiger partial charge in [-0.05, 0) is 70.4 Å². The van der Waals surface area contributed by atoms with Gasteiger partial charge in [-0.15, -0.1) is 0 Å². The van der Waals surface area contributed by atoms with E-state index < -0.39 is 0 Å². The van der Waals surface area contributed by atoms with Crippen molar-refractivity contribution in [1.29, 1.82) is 0 Å². The SMILES string of the molecule is CCOc1ccc(C2CCCN2C(=O)c2cc(-c3cc(C)oc3C)nc3onc(C)c23)cc1. The summed E-state index contributed by atoms with van der Waals surface area (Å²) in [6.45, 7) is 8.92. The molecule has 7 heteroatoms. The number of aromatic nitrogens is 2. The minimum Gasteiger partial charge on any atom is -0.494 e. The first-order valence-electron chi connectivity index (χ1n) is 11.3. The van der Waals surface area contributed by atoms with Gasteiger partial charge in [-0.25, -0.2) is 4.98 Å². The molecule has 170 valence electrons. The van der Waals surface area contributed by atoms with Crippen LogP contribution in [-0.4, -0.2) is 34.1 Å². The Morgan fingerprint density at radius 2 is 1.97 bits per heavy atom. The Bertz CT molecular complexity index is 1320. The number of rotatable bonds is 5. The van der Waals surface area contributed by atoms with Gasteiger partial charge in [0.1, 0.15) is 17.3 Å². The molecule has 0 spiro atoms. The van der Waals surface area contributed by atoms with Crippen LogP contribution in [0.25, 0.3) is 22.4 Å². The maximum absolute atomic E-state index is 13.9. The standard InChI is InChI=1S/C26H27N3O4/c1-5-31-19-10-8-18(9-11-19)23-7-6-12-29(23)26(30)21-14-22(20-13-15(2)32-17(20)4)27-25-24(21)16(3)28-33-25/h8-11,13-14,23H,5-7,12H2,1-4H3. The summed E-state index contributed by atoms with van der Waals surface area (Å²) in [7, 11) is 0. The van der Waals surface area contributed by atoms with Crippen LogP contribution in [0.1, 0.15) is 58.9 Å². The summed E-state index contributed by atoms with van der Waals surface area (Å²) in [5.74, 6) is 2.34. The number of likely N-dealkylation sites (tertiary alicyclic amines) is 1. The third-order valence-corrected chi connectivity index (χ3v) is 6.25. The summed E-state index contributed by atoms with van der Waals surface area (Å²) in [5.41, 5.74) is 4.19. The van der Waals surface area contributed by atoms with E-state index in [0.717, 1.165) is 41.2 Å². The lowest BCUT2D eigenvalue weighted by atomic mass is 10.0. The lowest BCUT2D eigenvalue weighted by Crippen LogP contribution is -2.30. The molecule has 0 bridgehead atoms. The molecule has 1 aliphatic heterocycles. The van der Waals surface area contributed by atoms with Crippen LogP contribution < -0.4 is 4.74 Å². The van der Waals surface area contributed by atoms with Crippen LogP contribution in [0.15, 0.2) is 45.3 Å². The van der Waals surface area contributed by atoms with Crippen molar-refractivity contribution in [3.8, 4) is 17.0 Å². The molecule has 1 atom stereocenters. The Hall–Kier alpha value is -3.61. The van der Waals surface area contributed by atoms with E-state index >= 15 is 0 Å². The highest BCUT2D eigenvalue weighted by molar-refractivity contribution is 6.07. The molecule has 5 rings (SSSR count). The molecule has 1 aromatic carbocycles. The van der Waals surface area contributed by atoms with Gasteiger partial charge in [0.2, 0.25) is 0 Å². The van der Waals surface area contributed by atoms with Crippen molar-refractivity contribution in [2.24, 2.45) is 0 Å². The van der Waals surface area contributed by atoms with Gasteiger partial charge >= 0.3 is 0 Å². The van der Waals surface area contributed by atoms with Crippen LogP contribution in [-0.2, 0) is 0 Å². The van der Waals surface area contributed by atoms with Crippen LogP contribution >= 0.6 is 0 Å². The van der Waals surface area contributed by atoms with Crippen LogP contribution in [0.3, 0.4) is 0 Å². The molecular weight excluding hydrogens is 418 g/mol. The summed E-state index contributed by atoms with van der Waals surface area (Å²) >= 11 is 0. The number of pyridine rings is 1. The normalized spacial score (nSPS) is 16.0. The van der Waals surface area contributed by atoms with E-state index in [-0.39, 0.29) is 11.9 Å². The molecule has 7 nitrogen and oxygen atoms in total. The zero-order valence-electron chi connectivity index (χ0n) is 19.3. The Balaban J connectivity index is 1.55. The average molecular weight is 446 g/mol. The fourth-order valence-electron chi connectivity index (χ4n) is 4.75. The maximum Gasteiger partial charge on any atom is 0.259 e. The van der Waals surface area contributed by atoms with Crippen molar-refractivity contribution in [2.45, 2.75) is 46.6 Å². The largest absolute Gasteiger partial charge is 0.494 e. The van der Waals surface area contributed by atoms with Crippen molar-refractivity contribution in [3.63, 3.8) is 0 Å². The van der Waals surface area contributed by atoms with Gasteiger partial charge in [0.25, 0.3) is 11.6 Å². The van der Waals surface area contributed by atoms with Crippen molar-refractivity contribution in [3.05, 3.63) is 64.7 Å². The Morgan fingerprint density at radius 1 is 1.18 bits per heavy atom. The predicted octanol–water partition coefficient (Wildman–Crippen LogP) is 5.78. The minimum atomic E-state index is -0.0378. The number of hydrogen-bond donors (Lipinski definition) is 0. The van der Waals surface area contributed by atoms with Crippen molar-refractivity contribution >= 4 is 17.0 Å². The Labute approximate surface area is 192 Å². The summed E-state index contributed by atoms with van der Waals surface area (Å²) in [6.07, 6.45) is 1.87. The first-order chi connectivity index (χ1) is 16.0. The number of carbonyl (C=O) groups excluding carboxylic acids is 1. The van der Waals surface area contributed by atoms with Gasteiger partial charge in [-0.3, -0.25) is 4.79 Å². The second kappa shape index (κ2) is 8.39. The second-order valence-electron chi connectivity index (χ2n) is 8.49. The number of nitrogens with zero attached hydrogens (tertiary/aromatic N) is 3. The first kappa shape index (κ1) is 21.2. The molecule has 0 N–H and O–H groups in total. The summed E-state index contributed by atoms with van der Waals surface area (Å²) in [5, 5.41) is 4.75. The predicted molar refractivity (Wildman–Crippen MR) is 124 cm³/mol. The summed E-state index contributed by atoms with van der Waals surface area (Å²) in [6, 6.07) is 11.8. The average Bonchev–Trinajstić information content (AvgIpc) is 3.52. The quantitative estimate of drug-likeness (QED) is 0.387. The van der Waals surface area contributed by atoms with Gasteiger partial charge < -0.3 is 18.6 Å². The van der Waals surface area contributed by atoms with E-state index in [0.29, 0.717) is 41.2 Å². The number of fused-ring (bicyclic) bond motifs is 1. The highest BCUT2D eigenvalue weighted by Crippen LogP contribution is 2.37. The van der Waals surface area contributed by atoms with E-state index in [2.05, 4.69) is 22.3 Å². The zero-order chi connectivity index (χ0) is 23.1. The molecule has 0 aliphatic carbocycles. The first-order valence-corrected chi connectivity index (χ1v) is 11.3. The molecule has 1 amide bonds. The fourth-order valence-corrected chi connectivity index (χ4v) is 4.75. The monoisotopic (exact) mass is 445 g/mol. The molecule has 33 heavy (non-hydrogen) atoms. The number of carbonyl (C=O) groups is 1. The van der Waals surface area contributed by atoms with Crippen molar-refractivity contribution in [1.82, 2.24) is 15.0 Å². The summed E-state index contributed by atoms with van der Waals surface area (Å²) < 4.78 is 16.8. The molecule has 1 fully saturated rings. The minimum absolute atomic E-state index is 0.0120. The third-order valence-electron chi connectivity index (χ3n) is 6.25. The third kappa shape index (κ3) is 3.77. The lowest BCUT2D eigenvalue weighted by Gasteiger charge is -2.26. The number of aryl methyl sites for hydroxylation is 3. The molecule has 3 aromatic heterocycles. The highest BCUT2D eigenvalue weighted by atomic mass is 16.5. The number of furan rings is 1. The Kier molecular flexibility index (Phi) is 5.40. The smallest absolute Gasteiger partial charge is 0.259 e. The van der Waals surface area contributed by atoms with E-state index in [4.69, 9.17) is 13.7 Å². The van der Waals surface area contributed by atoms with Crippen LogP contribution in [0.4, 0.5) is 0 Å². The van der Waals surface area contributed by atoms with E-state index in [9.17, 15) is 4.79 Å². The molecule has 0 radical (unpaired) electrons. The fraction of sp³-hybridized carbons (Fsp3) is 0.346. The summed E-state index contributed by atoms with van der Waals surface area (Å²) in [4.78, 5) is 20.5. The van der Waals surface area contributed by atoms with Gasteiger partial charge in [-0.2, -0.15) is 0 Å². The van der Waals surface area contributed by atoms with E-state index in [1.807, 2.05) is 56.9 Å². The maximum atomic E-state index is 13.9. The van der Waals surface area contributed by atoms with Gasteiger partial charge in [0.15, 0.2) is 0 Å². The molecule has 0 saturated carbocycles. The number of ether oxygens (including phenoxy) is 1. The topological polar surface area (TPSA) is 81.6 Å². The van der Waals surface area contributed by atoms with Crippen molar-refractivity contribution in [2.75, 3.05) is 13.2 Å². The Morgan fingerprint density at radius 3 is 2.67 bits per heavy atom. The number of amides is 1. The zero-order valence-corrected chi connectivity index (χ0v) is 19.3. The molecule has 4 heterocycles. The number of hydrogen-bond acceptors (Lipinski definition) is 6. The van der Waals surface area contributed by atoms with Crippen molar-refractivity contribution < 1.29 is 18.5 Å². The van der Waals surface area contributed by atoms with Crippen LogP contribution in [0, 0.1) is 20.8 Å². The molecular formula is C26H27N3O4. The number of benzene rings is 1. The van der Waals surface area contributed by atoms with E-state index in [1.165, 1.54) is 0 Å². The highest BCUT2D eigenvalue weighted by Gasteiger charge is 2.33. The molecule has 1 aliphatic rings. The van der Waals surface area contributed by atoms with Gasteiger partial charge in [0.05, 0.1) is 35.0 Å². The molecule has 1 saturated heterocycles. The van der Waals surface area contributed by atoms with E-state index in [1.54, 1.807) is 0 Å².